The van der Waals surface area contributed by atoms with E-state index in [-0.39, 0.29) is 5.91 Å². The SMILES string of the molecule is Cc1cc(C(=O)Nc2cc(CN(C)C)[nH]n2)nc(N(C)C)n1. The number of hydrogen-bond donors (Lipinski definition) is 2. The van der Waals surface area contributed by atoms with Gasteiger partial charge >= 0.3 is 0 Å². The van der Waals surface area contributed by atoms with E-state index in [2.05, 4.69) is 25.5 Å². The minimum atomic E-state index is -0.309. The molecule has 0 aliphatic rings. The summed E-state index contributed by atoms with van der Waals surface area (Å²) in [5.41, 5.74) is 1.97. The fourth-order valence-corrected chi connectivity index (χ4v) is 1.90. The minimum absolute atomic E-state index is 0.309. The van der Waals surface area contributed by atoms with Crippen molar-refractivity contribution in [1.29, 1.82) is 0 Å². The van der Waals surface area contributed by atoms with Gasteiger partial charge in [0.1, 0.15) is 5.69 Å². The molecule has 118 valence electrons. The largest absolute Gasteiger partial charge is 0.347 e. The Morgan fingerprint density at radius 3 is 2.59 bits per heavy atom. The maximum absolute atomic E-state index is 12.3. The highest BCUT2D eigenvalue weighted by Crippen LogP contribution is 2.11. The van der Waals surface area contributed by atoms with Crippen molar-refractivity contribution >= 4 is 17.7 Å². The molecule has 0 aromatic carbocycles. The summed E-state index contributed by atoms with van der Waals surface area (Å²) in [7, 11) is 7.59. The Labute approximate surface area is 129 Å². The molecule has 0 saturated heterocycles. The van der Waals surface area contributed by atoms with Gasteiger partial charge in [-0.15, -0.1) is 0 Å². The van der Waals surface area contributed by atoms with Gasteiger partial charge < -0.3 is 15.1 Å². The van der Waals surface area contributed by atoms with Crippen LogP contribution >= 0.6 is 0 Å². The summed E-state index contributed by atoms with van der Waals surface area (Å²) in [6, 6.07) is 3.45. The van der Waals surface area contributed by atoms with Gasteiger partial charge in [-0.25, -0.2) is 9.97 Å². The van der Waals surface area contributed by atoms with Crippen molar-refractivity contribution in [2.45, 2.75) is 13.5 Å². The first-order chi connectivity index (χ1) is 10.3. The van der Waals surface area contributed by atoms with E-state index in [4.69, 9.17) is 0 Å². The zero-order valence-electron chi connectivity index (χ0n) is 13.5. The van der Waals surface area contributed by atoms with Crippen LogP contribution in [-0.4, -0.2) is 59.2 Å². The topological polar surface area (TPSA) is 90.0 Å². The zero-order valence-corrected chi connectivity index (χ0v) is 13.5. The molecule has 0 fully saturated rings. The molecule has 0 aliphatic carbocycles. The number of amides is 1. The highest BCUT2D eigenvalue weighted by Gasteiger charge is 2.13. The molecule has 0 spiro atoms. The van der Waals surface area contributed by atoms with Crippen molar-refractivity contribution in [3.63, 3.8) is 0 Å². The second kappa shape index (κ2) is 6.52. The Balaban J connectivity index is 2.13. The quantitative estimate of drug-likeness (QED) is 0.852. The molecule has 2 aromatic rings. The van der Waals surface area contributed by atoms with Gasteiger partial charge in [0.05, 0.1) is 5.69 Å². The number of hydrogen-bond acceptors (Lipinski definition) is 6. The van der Waals surface area contributed by atoms with Crippen LogP contribution in [0.1, 0.15) is 21.9 Å². The van der Waals surface area contributed by atoms with Gasteiger partial charge in [0.15, 0.2) is 5.82 Å². The van der Waals surface area contributed by atoms with E-state index in [9.17, 15) is 4.79 Å². The number of H-pyrrole nitrogens is 1. The van der Waals surface area contributed by atoms with Crippen LogP contribution < -0.4 is 10.2 Å². The number of aromatic nitrogens is 4. The second-order valence-electron chi connectivity index (χ2n) is 5.56. The van der Waals surface area contributed by atoms with Crippen LogP contribution in [0.3, 0.4) is 0 Å². The van der Waals surface area contributed by atoms with Crippen LogP contribution in [-0.2, 0) is 6.54 Å². The fraction of sp³-hybridized carbons (Fsp3) is 0.429. The summed E-state index contributed by atoms with van der Waals surface area (Å²) < 4.78 is 0. The molecule has 0 radical (unpaired) electrons. The average Bonchev–Trinajstić information content (AvgIpc) is 2.84. The number of rotatable bonds is 5. The van der Waals surface area contributed by atoms with Crippen LogP contribution in [0.25, 0.3) is 0 Å². The molecule has 8 heteroatoms. The highest BCUT2D eigenvalue weighted by molar-refractivity contribution is 6.02. The zero-order chi connectivity index (χ0) is 16.3. The van der Waals surface area contributed by atoms with Crippen molar-refractivity contribution in [3.05, 3.63) is 29.2 Å². The van der Waals surface area contributed by atoms with Gasteiger partial charge in [-0.3, -0.25) is 9.89 Å². The first-order valence-electron chi connectivity index (χ1n) is 6.88. The molecule has 2 rings (SSSR count). The molecule has 0 unspecified atom stereocenters. The Morgan fingerprint density at radius 2 is 1.95 bits per heavy atom. The lowest BCUT2D eigenvalue weighted by Gasteiger charge is -2.11. The molecule has 2 aromatic heterocycles. The first-order valence-corrected chi connectivity index (χ1v) is 6.88. The van der Waals surface area contributed by atoms with E-state index in [0.29, 0.717) is 17.5 Å². The van der Waals surface area contributed by atoms with E-state index in [1.165, 1.54) is 0 Å². The van der Waals surface area contributed by atoms with Gasteiger partial charge in [0.2, 0.25) is 5.95 Å². The second-order valence-corrected chi connectivity index (χ2v) is 5.56. The summed E-state index contributed by atoms with van der Waals surface area (Å²) in [5, 5.41) is 9.70. The number of aryl methyl sites for hydroxylation is 1. The van der Waals surface area contributed by atoms with Crippen molar-refractivity contribution in [3.8, 4) is 0 Å². The van der Waals surface area contributed by atoms with Gasteiger partial charge in [-0.1, -0.05) is 0 Å². The van der Waals surface area contributed by atoms with Crippen molar-refractivity contribution in [2.75, 3.05) is 38.4 Å². The molecule has 0 aliphatic heterocycles. The van der Waals surface area contributed by atoms with Gasteiger partial charge in [0, 0.05) is 32.4 Å². The van der Waals surface area contributed by atoms with Crippen LogP contribution in [0.15, 0.2) is 12.1 Å². The summed E-state index contributed by atoms with van der Waals surface area (Å²) >= 11 is 0. The number of carbonyl (C=O) groups is 1. The summed E-state index contributed by atoms with van der Waals surface area (Å²) in [4.78, 5) is 24.6. The molecule has 2 N–H and O–H groups in total. The van der Waals surface area contributed by atoms with Gasteiger partial charge in [-0.05, 0) is 27.1 Å². The van der Waals surface area contributed by atoms with Crippen LogP contribution in [0.2, 0.25) is 0 Å². The predicted molar refractivity (Wildman–Crippen MR) is 85.0 cm³/mol. The molecule has 8 nitrogen and oxygen atoms in total. The van der Waals surface area contributed by atoms with Crippen molar-refractivity contribution in [1.82, 2.24) is 25.1 Å². The maximum atomic E-state index is 12.3. The molecule has 22 heavy (non-hydrogen) atoms. The van der Waals surface area contributed by atoms with E-state index in [1.807, 2.05) is 40.0 Å². The smallest absolute Gasteiger partial charge is 0.275 e. The molecule has 0 bridgehead atoms. The molecular formula is C14H21N7O. The first kappa shape index (κ1) is 15.9. The molecule has 0 saturated carbocycles. The van der Waals surface area contributed by atoms with E-state index in [1.54, 1.807) is 17.0 Å². The number of anilines is 2. The Bertz CT molecular complexity index is 663. The number of nitrogens with one attached hydrogen (secondary N) is 2. The molecule has 0 atom stereocenters. The predicted octanol–water partition coefficient (Wildman–Crippen LogP) is 0.888. The van der Waals surface area contributed by atoms with Gasteiger partial charge in [0.25, 0.3) is 5.91 Å². The third-order valence-corrected chi connectivity index (χ3v) is 2.83. The average molecular weight is 303 g/mol. The lowest BCUT2D eigenvalue weighted by Crippen LogP contribution is -2.19. The standard InChI is InChI=1S/C14H21N7O/c1-9-6-11(16-14(15-9)21(4)5)13(22)17-12-7-10(18-19-12)8-20(2)3/h6-7H,8H2,1-5H3,(H2,17,18,19,22). The molecule has 2 heterocycles. The van der Waals surface area contributed by atoms with E-state index < -0.39 is 0 Å². The lowest BCUT2D eigenvalue weighted by molar-refractivity contribution is 0.102. The molecule has 1 amide bonds. The van der Waals surface area contributed by atoms with Crippen molar-refractivity contribution < 1.29 is 4.79 Å². The molecular weight excluding hydrogens is 282 g/mol. The number of aromatic amines is 1. The highest BCUT2D eigenvalue weighted by atomic mass is 16.2. The van der Waals surface area contributed by atoms with Crippen LogP contribution in [0, 0.1) is 6.92 Å². The van der Waals surface area contributed by atoms with E-state index in [0.717, 1.165) is 17.9 Å². The summed E-state index contributed by atoms with van der Waals surface area (Å²) in [6.45, 7) is 2.55. The van der Waals surface area contributed by atoms with E-state index >= 15 is 0 Å². The Kier molecular flexibility index (Phi) is 4.71. The lowest BCUT2D eigenvalue weighted by atomic mass is 10.3. The van der Waals surface area contributed by atoms with Gasteiger partial charge in [-0.2, -0.15) is 5.10 Å². The van der Waals surface area contributed by atoms with Crippen molar-refractivity contribution in [2.24, 2.45) is 0 Å². The van der Waals surface area contributed by atoms with Crippen LogP contribution in [0.5, 0.6) is 0 Å². The maximum Gasteiger partial charge on any atom is 0.275 e. The monoisotopic (exact) mass is 303 g/mol. The third kappa shape index (κ3) is 4.01. The summed E-state index contributed by atoms with van der Waals surface area (Å²) in [6.07, 6.45) is 0. The minimum Gasteiger partial charge on any atom is -0.347 e. The summed E-state index contributed by atoms with van der Waals surface area (Å²) in [5.74, 6) is 0.668. The third-order valence-electron chi connectivity index (χ3n) is 2.83. The Hall–Kier alpha value is -2.48. The number of carbonyl (C=O) groups excluding carboxylic acids is 1. The number of nitrogens with zero attached hydrogens (tertiary/aromatic N) is 5. The van der Waals surface area contributed by atoms with Crippen LogP contribution in [0.4, 0.5) is 11.8 Å². The fourth-order valence-electron chi connectivity index (χ4n) is 1.90. The normalized spacial score (nSPS) is 10.8. The Morgan fingerprint density at radius 1 is 1.23 bits per heavy atom.